The van der Waals surface area contributed by atoms with Gasteiger partial charge in [0.2, 0.25) is 0 Å². The zero-order chi connectivity index (χ0) is 18.2. The summed E-state index contributed by atoms with van der Waals surface area (Å²) >= 11 is 0. The molecule has 8 nitrogen and oxygen atoms in total. The van der Waals surface area contributed by atoms with Crippen LogP contribution in [0.5, 0.6) is 11.5 Å². The van der Waals surface area contributed by atoms with E-state index in [1.54, 1.807) is 30.3 Å². The second-order valence-corrected chi connectivity index (χ2v) is 4.76. The van der Waals surface area contributed by atoms with Crippen LogP contribution < -0.4 is 20.2 Å². The molecule has 130 valence electrons. The number of para-hydroxylation sites is 1. The summed E-state index contributed by atoms with van der Waals surface area (Å²) in [6.45, 7) is 0. The van der Waals surface area contributed by atoms with Gasteiger partial charge in [-0.15, -0.1) is 0 Å². The highest BCUT2D eigenvalue weighted by atomic mass is 16.5. The van der Waals surface area contributed by atoms with Crippen molar-refractivity contribution < 1.29 is 24.2 Å². The molecule has 3 N–H and O–H groups in total. The molecule has 0 aliphatic heterocycles. The van der Waals surface area contributed by atoms with Crippen LogP contribution in [-0.2, 0) is 0 Å². The number of aromatic carboxylic acids is 1. The van der Waals surface area contributed by atoms with Crippen molar-refractivity contribution in [2.75, 3.05) is 19.5 Å². The average molecular weight is 343 g/mol. The maximum atomic E-state index is 11.7. The molecule has 0 atom stereocenters. The molecule has 2 rings (SSSR count). The Labute approximate surface area is 144 Å². The highest BCUT2D eigenvalue weighted by molar-refractivity contribution is 6.02. The number of nitrogens with zero attached hydrogens (tertiary/aromatic N) is 1. The van der Waals surface area contributed by atoms with Crippen molar-refractivity contribution in [3.8, 4) is 11.5 Å². The van der Waals surface area contributed by atoms with Gasteiger partial charge in [-0.3, -0.25) is 0 Å². The molecule has 0 bridgehead atoms. The Morgan fingerprint density at radius 1 is 1.08 bits per heavy atom. The summed E-state index contributed by atoms with van der Waals surface area (Å²) in [6, 6.07) is 11.3. The molecule has 0 saturated heterocycles. The van der Waals surface area contributed by atoms with Crippen LogP contribution >= 0.6 is 0 Å². The lowest BCUT2D eigenvalue weighted by molar-refractivity contribution is 0.0692. The van der Waals surface area contributed by atoms with Crippen LogP contribution in [0.4, 0.5) is 10.5 Å². The number of hydrogen-bond acceptors (Lipinski definition) is 5. The van der Waals surface area contributed by atoms with Crippen LogP contribution in [0, 0.1) is 0 Å². The lowest BCUT2D eigenvalue weighted by Crippen LogP contribution is -2.24. The first-order valence-electron chi connectivity index (χ1n) is 7.20. The third kappa shape index (κ3) is 4.47. The maximum absolute atomic E-state index is 11.7. The van der Waals surface area contributed by atoms with Gasteiger partial charge < -0.3 is 19.9 Å². The van der Waals surface area contributed by atoms with Gasteiger partial charge in [0, 0.05) is 11.3 Å². The van der Waals surface area contributed by atoms with Gasteiger partial charge in [-0.25, -0.2) is 15.0 Å². The molecular weight excluding hydrogens is 326 g/mol. The Balaban J connectivity index is 2.15. The smallest absolute Gasteiger partial charge is 0.340 e. The van der Waals surface area contributed by atoms with Crippen LogP contribution in [0.15, 0.2) is 47.6 Å². The number of carboxylic acids is 1. The standard InChI is InChI=1S/C17H17N3O5/c1-24-13-9-8-11(14(16(21)22)15(13)25-2)10-18-20-17(23)19-12-6-4-3-5-7-12/h3-10H,1-2H3,(H,21,22)(H2,19,20,23)/b18-10-. The van der Waals surface area contributed by atoms with Gasteiger partial charge in [0.25, 0.3) is 0 Å². The number of ether oxygens (including phenoxy) is 2. The van der Waals surface area contributed by atoms with Crippen molar-refractivity contribution in [1.29, 1.82) is 0 Å². The zero-order valence-corrected chi connectivity index (χ0v) is 13.6. The molecule has 0 aliphatic carbocycles. The van der Waals surface area contributed by atoms with Gasteiger partial charge in [-0.05, 0) is 24.3 Å². The Bertz CT molecular complexity index is 790. The van der Waals surface area contributed by atoms with Crippen molar-refractivity contribution in [2.24, 2.45) is 5.10 Å². The fourth-order valence-electron chi connectivity index (χ4n) is 2.11. The Morgan fingerprint density at radius 2 is 1.80 bits per heavy atom. The second kappa shape index (κ2) is 8.34. The summed E-state index contributed by atoms with van der Waals surface area (Å²) in [7, 11) is 2.75. The van der Waals surface area contributed by atoms with E-state index in [9.17, 15) is 14.7 Å². The van der Waals surface area contributed by atoms with Crippen LogP contribution in [0.2, 0.25) is 0 Å². The summed E-state index contributed by atoms with van der Waals surface area (Å²) in [5.74, 6) is -0.842. The molecule has 2 aromatic rings. The molecular formula is C17H17N3O5. The van der Waals surface area contributed by atoms with Crippen LogP contribution in [-0.4, -0.2) is 37.5 Å². The van der Waals surface area contributed by atoms with E-state index in [-0.39, 0.29) is 22.6 Å². The fourth-order valence-corrected chi connectivity index (χ4v) is 2.11. The third-order valence-corrected chi connectivity index (χ3v) is 3.19. The average Bonchev–Trinajstić information content (AvgIpc) is 2.61. The number of amides is 2. The number of hydrazone groups is 1. The number of nitrogens with one attached hydrogen (secondary N) is 2. The summed E-state index contributed by atoms with van der Waals surface area (Å²) in [4.78, 5) is 23.3. The fraction of sp³-hybridized carbons (Fsp3) is 0.118. The summed E-state index contributed by atoms with van der Waals surface area (Å²) in [5, 5.41) is 15.8. The normalized spacial score (nSPS) is 10.3. The molecule has 8 heteroatoms. The van der Waals surface area contributed by atoms with Crippen molar-refractivity contribution >= 4 is 23.9 Å². The number of carboxylic acid groups (broad SMARTS) is 1. The molecule has 0 radical (unpaired) electrons. The van der Waals surface area contributed by atoms with Crippen molar-refractivity contribution in [3.05, 3.63) is 53.6 Å². The Morgan fingerprint density at radius 3 is 2.40 bits per heavy atom. The van der Waals surface area contributed by atoms with Gasteiger partial charge in [-0.2, -0.15) is 5.10 Å². The highest BCUT2D eigenvalue weighted by Crippen LogP contribution is 2.32. The maximum Gasteiger partial charge on any atom is 0.340 e. The quantitative estimate of drug-likeness (QED) is 0.552. The van der Waals surface area contributed by atoms with Gasteiger partial charge in [-0.1, -0.05) is 18.2 Å². The number of rotatable bonds is 6. The predicted octanol–water partition coefficient (Wildman–Crippen LogP) is 2.56. The highest BCUT2D eigenvalue weighted by Gasteiger charge is 2.20. The van der Waals surface area contributed by atoms with E-state index in [1.807, 2.05) is 6.07 Å². The van der Waals surface area contributed by atoms with E-state index < -0.39 is 12.0 Å². The van der Waals surface area contributed by atoms with Crippen molar-refractivity contribution in [1.82, 2.24) is 5.43 Å². The van der Waals surface area contributed by atoms with E-state index in [4.69, 9.17) is 9.47 Å². The number of carbonyl (C=O) groups is 2. The lowest BCUT2D eigenvalue weighted by atomic mass is 10.1. The molecule has 0 heterocycles. The molecule has 0 aromatic heterocycles. The Kier molecular flexibility index (Phi) is 5.94. The first-order chi connectivity index (χ1) is 12.1. The summed E-state index contributed by atoms with van der Waals surface area (Å²) in [6.07, 6.45) is 1.22. The number of anilines is 1. The van der Waals surface area contributed by atoms with Crippen LogP contribution in [0.1, 0.15) is 15.9 Å². The molecule has 0 saturated carbocycles. The molecule has 0 fully saturated rings. The molecule has 0 unspecified atom stereocenters. The van der Waals surface area contributed by atoms with E-state index in [0.29, 0.717) is 5.69 Å². The SMILES string of the molecule is COc1ccc(/C=N\NC(=O)Nc2ccccc2)c(C(=O)O)c1OC. The minimum absolute atomic E-state index is 0.0766. The summed E-state index contributed by atoms with van der Waals surface area (Å²) in [5.41, 5.74) is 3.01. The Hall–Kier alpha value is -3.55. The van der Waals surface area contributed by atoms with E-state index in [2.05, 4.69) is 15.8 Å². The van der Waals surface area contributed by atoms with E-state index >= 15 is 0 Å². The molecule has 2 amide bonds. The topological polar surface area (TPSA) is 109 Å². The number of methoxy groups -OCH3 is 2. The minimum atomic E-state index is -1.20. The van der Waals surface area contributed by atoms with Gasteiger partial charge in [0.05, 0.1) is 20.4 Å². The molecule has 0 aliphatic rings. The van der Waals surface area contributed by atoms with Crippen LogP contribution in [0.3, 0.4) is 0 Å². The van der Waals surface area contributed by atoms with Gasteiger partial charge >= 0.3 is 12.0 Å². The molecule has 0 spiro atoms. The van der Waals surface area contributed by atoms with Gasteiger partial charge in [0.1, 0.15) is 5.56 Å². The summed E-state index contributed by atoms with van der Waals surface area (Å²) < 4.78 is 10.2. The first-order valence-corrected chi connectivity index (χ1v) is 7.20. The van der Waals surface area contributed by atoms with Gasteiger partial charge in [0.15, 0.2) is 11.5 Å². The zero-order valence-electron chi connectivity index (χ0n) is 13.6. The number of benzene rings is 2. The largest absolute Gasteiger partial charge is 0.493 e. The third-order valence-electron chi connectivity index (χ3n) is 3.19. The monoisotopic (exact) mass is 343 g/mol. The van der Waals surface area contributed by atoms with Crippen LogP contribution in [0.25, 0.3) is 0 Å². The predicted molar refractivity (Wildman–Crippen MR) is 92.7 cm³/mol. The number of carbonyl (C=O) groups excluding carboxylic acids is 1. The minimum Gasteiger partial charge on any atom is -0.493 e. The lowest BCUT2D eigenvalue weighted by Gasteiger charge is -2.12. The molecule has 2 aromatic carbocycles. The number of hydrogen-bond donors (Lipinski definition) is 3. The van der Waals surface area contributed by atoms with Crippen molar-refractivity contribution in [3.63, 3.8) is 0 Å². The number of urea groups is 1. The second-order valence-electron chi connectivity index (χ2n) is 4.76. The van der Waals surface area contributed by atoms with E-state index in [1.165, 1.54) is 26.5 Å². The van der Waals surface area contributed by atoms with Crippen molar-refractivity contribution in [2.45, 2.75) is 0 Å². The first kappa shape index (κ1) is 17.8. The molecule has 25 heavy (non-hydrogen) atoms. The van der Waals surface area contributed by atoms with E-state index in [0.717, 1.165) is 0 Å².